The van der Waals surface area contributed by atoms with E-state index in [1.54, 1.807) is 0 Å². The van der Waals surface area contributed by atoms with Gasteiger partial charge in [0.05, 0.1) is 24.7 Å². The Labute approximate surface area is 172 Å². The van der Waals surface area contributed by atoms with Gasteiger partial charge in [-0.2, -0.15) is 0 Å². The molecule has 3 aromatic carbocycles. The molecule has 0 aliphatic carbocycles. The highest BCUT2D eigenvalue weighted by Gasteiger charge is 2.37. The minimum absolute atomic E-state index is 0.0138. The second-order valence-corrected chi connectivity index (χ2v) is 7.48. The summed E-state index contributed by atoms with van der Waals surface area (Å²) in [4.78, 5) is 7.10. The quantitative estimate of drug-likeness (QED) is 0.675. The van der Waals surface area contributed by atoms with E-state index in [0.717, 1.165) is 5.96 Å². The zero-order valence-corrected chi connectivity index (χ0v) is 16.6. The van der Waals surface area contributed by atoms with Crippen LogP contribution in [0.15, 0.2) is 96.0 Å². The van der Waals surface area contributed by atoms with Crippen LogP contribution in [0.25, 0.3) is 0 Å². The average molecular weight is 386 g/mol. The van der Waals surface area contributed by atoms with E-state index < -0.39 is 0 Å². The molecule has 3 aromatic rings. The van der Waals surface area contributed by atoms with Crippen LogP contribution in [0.2, 0.25) is 0 Å². The van der Waals surface area contributed by atoms with Gasteiger partial charge in [-0.05, 0) is 23.1 Å². The Morgan fingerprint density at radius 2 is 1.41 bits per heavy atom. The highest BCUT2D eigenvalue weighted by atomic mass is 16.3. The van der Waals surface area contributed by atoms with Gasteiger partial charge in [-0.15, -0.1) is 0 Å². The maximum absolute atomic E-state index is 9.95. The van der Waals surface area contributed by atoms with Crippen molar-refractivity contribution in [1.29, 1.82) is 0 Å². The van der Waals surface area contributed by atoms with Gasteiger partial charge in [0, 0.05) is 7.05 Å². The molecule has 4 rings (SSSR count). The number of benzene rings is 3. The maximum atomic E-state index is 9.95. The molecule has 0 bridgehead atoms. The van der Waals surface area contributed by atoms with Crippen molar-refractivity contribution in [1.82, 2.24) is 10.2 Å². The molecule has 1 saturated heterocycles. The van der Waals surface area contributed by atoms with Gasteiger partial charge in [0.15, 0.2) is 5.96 Å². The van der Waals surface area contributed by atoms with Gasteiger partial charge in [-0.1, -0.05) is 91.0 Å². The van der Waals surface area contributed by atoms with Gasteiger partial charge in [0.1, 0.15) is 0 Å². The monoisotopic (exact) mass is 385 g/mol. The highest BCUT2D eigenvalue weighted by Crippen LogP contribution is 2.38. The minimum atomic E-state index is -0.187. The molecule has 1 heterocycles. The summed E-state index contributed by atoms with van der Waals surface area (Å²) < 4.78 is 0. The molecule has 4 nitrogen and oxygen atoms in total. The Kier molecular flexibility index (Phi) is 5.92. The lowest BCUT2D eigenvalue weighted by atomic mass is 9.94. The van der Waals surface area contributed by atoms with Crippen LogP contribution in [0.1, 0.15) is 28.8 Å². The number of aliphatic hydroxyl groups is 1. The van der Waals surface area contributed by atoms with Crippen molar-refractivity contribution >= 4 is 5.96 Å². The Bertz CT molecular complexity index is 928. The number of guanidine groups is 1. The van der Waals surface area contributed by atoms with Gasteiger partial charge in [0.2, 0.25) is 0 Å². The molecule has 0 unspecified atom stereocenters. The van der Waals surface area contributed by atoms with Gasteiger partial charge in [-0.3, -0.25) is 0 Å². The first-order valence-corrected chi connectivity index (χ1v) is 10.1. The van der Waals surface area contributed by atoms with Crippen LogP contribution < -0.4 is 5.32 Å². The number of nitrogens with one attached hydrogen (secondary N) is 1. The molecule has 3 atom stereocenters. The summed E-state index contributed by atoms with van der Waals surface area (Å²) in [6.07, 6.45) is 0.711. The maximum Gasteiger partial charge on any atom is 0.195 e. The molecule has 0 radical (unpaired) electrons. The summed E-state index contributed by atoms with van der Waals surface area (Å²) in [6, 6.07) is 31.2. The van der Waals surface area contributed by atoms with E-state index in [0.29, 0.717) is 6.42 Å². The van der Waals surface area contributed by atoms with Crippen LogP contribution >= 0.6 is 0 Å². The third kappa shape index (κ3) is 4.33. The fraction of sp³-hybridized carbons (Fsp3) is 0.240. The summed E-state index contributed by atoms with van der Waals surface area (Å²) in [5, 5.41) is 13.6. The van der Waals surface area contributed by atoms with Gasteiger partial charge in [0.25, 0.3) is 0 Å². The summed E-state index contributed by atoms with van der Waals surface area (Å²) in [5.74, 6) is 0.822. The van der Waals surface area contributed by atoms with Crippen LogP contribution in [0.4, 0.5) is 0 Å². The Morgan fingerprint density at radius 3 is 2.00 bits per heavy atom. The van der Waals surface area contributed by atoms with Gasteiger partial charge < -0.3 is 15.3 Å². The zero-order chi connectivity index (χ0) is 20.1. The average Bonchev–Trinajstić information content (AvgIpc) is 3.11. The molecule has 1 aliphatic rings. The third-order valence-corrected chi connectivity index (χ3v) is 5.48. The molecule has 148 valence electrons. The Balaban J connectivity index is 1.65. The fourth-order valence-corrected chi connectivity index (χ4v) is 4.01. The fourth-order valence-electron chi connectivity index (χ4n) is 4.01. The van der Waals surface area contributed by atoms with E-state index in [4.69, 9.17) is 4.99 Å². The van der Waals surface area contributed by atoms with Crippen molar-refractivity contribution in [2.45, 2.75) is 24.5 Å². The van der Waals surface area contributed by atoms with Gasteiger partial charge in [-0.25, -0.2) is 4.99 Å². The van der Waals surface area contributed by atoms with Crippen LogP contribution in [-0.4, -0.2) is 35.7 Å². The second kappa shape index (κ2) is 8.93. The lowest BCUT2D eigenvalue weighted by Gasteiger charge is -2.25. The first-order valence-electron chi connectivity index (χ1n) is 10.1. The molecule has 0 saturated carbocycles. The van der Waals surface area contributed by atoms with Crippen molar-refractivity contribution in [3.05, 3.63) is 108 Å². The van der Waals surface area contributed by atoms with Crippen molar-refractivity contribution in [3.8, 4) is 0 Å². The molecule has 0 amide bonds. The number of nitrogens with zero attached hydrogens (tertiary/aromatic N) is 2. The molecule has 4 heteroatoms. The second-order valence-electron chi connectivity index (χ2n) is 7.48. The molecular weight excluding hydrogens is 358 g/mol. The number of aliphatic hydroxyl groups excluding tert-OH is 1. The number of hydrogen-bond acceptors (Lipinski definition) is 2. The smallest absolute Gasteiger partial charge is 0.195 e. The van der Waals surface area contributed by atoms with Crippen molar-refractivity contribution in [2.75, 3.05) is 13.7 Å². The molecule has 0 spiro atoms. The van der Waals surface area contributed by atoms with Crippen LogP contribution in [0.5, 0.6) is 0 Å². The molecule has 1 aliphatic heterocycles. The van der Waals surface area contributed by atoms with Crippen molar-refractivity contribution < 1.29 is 5.11 Å². The van der Waals surface area contributed by atoms with Gasteiger partial charge >= 0.3 is 0 Å². The Morgan fingerprint density at radius 1 is 0.862 bits per heavy atom. The summed E-state index contributed by atoms with van der Waals surface area (Å²) >= 11 is 0. The number of aliphatic imine (C=N–C) groups is 1. The van der Waals surface area contributed by atoms with Crippen LogP contribution in [0, 0.1) is 0 Å². The number of rotatable bonds is 6. The SMILES string of the molecule is CN1/C(=N/[C@H](CO)Cc2ccccc2)N[C@@H](c2ccccc2)[C@H]1c1ccccc1. The third-order valence-electron chi connectivity index (χ3n) is 5.48. The van der Waals surface area contributed by atoms with E-state index in [1.165, 1.54) is 16.7 Å². The Hall–Kier alpha value is -3.11. The molecule has 29 heavy (non-hydrogen) atoms. The first kappa shape index (κ1) is 19.2. The minimum Gasteiger partial charge on any atom is -0.394 e. The first-order chi connectivity index (χ1) is 14.3. The molecule has 0 aromatic heterocycles. The van der Waals surface area contributed by atoms with Crippen LogP contribution in [-0.2, 0) is 6.42 Å². The normalized spacial score (nSPS) is 21.2. The topological polar surface area (TPSA) is 47.9 Å². The van der Waals surface area contributed by atoms with Crippen molar-refractivity contribution in [3.63, 3.8) is 0 Å². The van der Waals surface area contributed by atoms with E-state index in [-0.39, 0.29) is 24.7 Å². The van der Waals surface area contributed by atoms with E-state index in [9.17, 15) is 5.11 Å². The predicted octanol–water partition coefficient (Wildman–Crippen LogP) is 3.96. The highest BCUT2D eigenvalue weighted by molar-refractivity contribution is 5.83. The van der Waals surface area contributed by atoms with E-state index in [1.807, 2.05) is 30.3 Å². The lowest BCUT2D eigenvalue weighted by Crippen LogP contribution is -2.31. The predicted molar refractivity (Wildman–Crippen MR) is 118 cm³/mol. The largest absolute Gasteiger partial charge is 0.394 e. The number of likely N-dealkylation sites (N-methyl/N-ethyl adjacent to an activating group) is 1. The molecular formula is C25H27N3O. The zero-order valence-electron chi connectivity index (χ0n) is 16.6. The molecule has 1 fully saturated rings. The van der Waals surface area contributed by atoms with E-state index in [2.05, 4.69) is 77.9 Å². The van der Waals surface area contributed by atoms with E-state index >= 15 is 0 Å². The number of hydrogen-bond donors (Lipinski definition) is 2. The summed E-state index contributed by atoms with van der Waals surface area (Å²) in [5.41, 5.74) is 3.64. The van der Waals surface area contributed by atoms with Crippen molar-refractivity contribution in [2.24, 2.45) is 4.99 Å². The molecule has 2 N–H and O–H groups in total. The summed E-state index contributed by atoms with van der Waals surface area (Å²) in [6.45, 7) is 0.0138. The standard InChI is InChI=1S/C25H27N3O/c1-28-24(21-15-9-4-10-16-21)23(20-13-7-3-8-14-20)27-25(28)26-22(18-29)17-19-11-5-2-6-12-19/h2-16,22-24,29H,17-18H2,1H3,(H,26,27)/t22-,23-,24+/m0/s1. The van der Waals surface area contributed by atoms with Crippen LogP contribution in [0.3, 0.4) is 0 Å². The summed E-state index contributed by atoms with van der Waals surface area (Å²) in [7, 11) is 2.07. The lowest BCUT2D eigenvalue weighted by molar-refractivity contribution is 0.264.